The zero-order valence-electron chi connectivity index (χ0n) is 7.75. The van der Waals surface area contributed by atoms with Crippen molar-refractivity contribution >= 4 is 27.5 Å². The van der Waals surface area contributed by atoms with E-state index in [2.05, 4.69) is 4.98 Å². The van der Waals surface area contributed by atoms with Crippen molar-refractivity contribution in [3.63, 3.8) is 0 Å². The van der Waals surface area contributed by atoms with Gasteiger partial charge in [0.2, 0.25) is 0 Å². The van der Waals surface area contributed by atoms with E-state index in [9.17, 15) is 9.90 Å². The van der Waals surface area contributed by atoms with E-state index >= 15 is 0 Å². The summed E-state index contributed by atoms with van der Waals surface area (Å²) < 4.78 is 1.00. The maximum atomic E-state index is 10.5. The SMILES string of the molecule is O=C(O)C(O)Cc1ccc2ncsc2c1. The summed E-state index contributed by atoms with van der Waals surface area (Å²) in [7, 11) is 0. The average Bonchev–Trinajstić information content (AvgIpc) is 2.64. The molecule has 1 unspecified atom stereocenters. The van der Waals surface area contributed by atoms with Crippen LogP contribution < -0.4 is 0 Å². The summed E-state index contributed by atoms with van der Waals surface area (Å²) in [4.78, 5) is 14.6. The predicted molar refractivity (Wildman–Crippen MR) is 57.0 cm³/mol. The smallest absolute Gasteiger partial charge is 0.332 e. The molecule has 5 heteroatoms. The van der Waals surface area contributed by atoms with E-state index in [1.165, 1.54) is 11.3 Å². The minimum absolute atomic E-state index is 0.128. The van der Waals surface area contributed by atoms with Crippen LogP contribution in [0.5, 0.6) is 0 Å². The second-order valence-corrected chi connectivity index (χ2v) is 4.10. The van der Waals surface area contributed by atoms with E-state index in [1.807, 2.05) is 12.1 Å². The van der Waals surface area contributed by atoms with Gasteiger partial charge in [0.05, 0.1) is 15.7 Å². The van der Waals surface area contributed by atoms with Gasteiger partial charge in [-0.25, -0.2) is 9.78 Å². The molecule has 2 aromatic rings. The number of nitrogens with zero attached hydrogens (tertiary/aromatic N) is 1. The van der Waals surface area contributed by atoms with Gasteiger partial charge < -0.3 is 10.2 Å². The Morgan fingerprint density at radius 2 is 2.33 bits per heavy atom. The van der Waals surface area contributed by atoms with E-state index in [-0.39, 0.29) is 6.42 Å². The van der Waals surface area contributed by atoms with E-state index in [0.29, 0.717) is 0 Å². The van der Waals surface area contributed by atoms with Crippen molar-refractivity contribution in [3.05, 3.63) is 29.3 Å². The van der Waals surface area contributed by atoms with Crippen molar-refractivity contribution in [2.24, 2.45) is 0 Å². The molecule has 2 N–H and O–H groups in total. The number of hydrogen-bond acceptors (Lipinski definition) is 4. The minimum Gasteiger partial charge on any atom is -0.479 e. The van der Waals surface area contributed by atoms with E-state index in [1.54, 1.807) is 11.6 Å². The number of rotatable bonds is 3. The zero-order chi connectivity index (χ0) is 10.8. The molecule has 1 aromatic heterocycles. The number of carboxylic acids is 1. The molecular formula is C10H9NO3S. The molecule has 1 heterocycles. The summed E-state index contributed by atoms with van der Waals surface area (Å²) in [6.45, 7) is 0. The van der Waals surface area contributed by atoms with Crippen molar-refractivity contribution < 1.29 is 15.0 Å². The first-order chi connectivity index (χ1) is 7.16. The Kier molecular flexibility index (Phi) is 2.66. The lowest BCUT2D eigenvalue weighted by Crippen LogP contribution is -2.21. The lowest BCUT2D eigenvalue weighted by Gasteiger charge is -2.04. The standard InChI is InChI=1S/C10H9NO3S/c12-8(10(13)14)3-6-1-2-7-9(4-6)15-5-11-7/h1-2,4-5,8,12H,3H2,(H,13,14). The molecular weight excluding hydrogens is 214 g/mol. The highest BCUT2D eigenvalue weighted by Crippen LogP contribution is 2.19. The summed E-state index contributed by atoms with van der Waals surface area (Å²) in [6, 6.07) is 5.48. The Morgan fingerprint density at radius 3 is 3.07 bits per heavy atom. The van der Waals surface area contributed by atoms with Crippen LogP contribution in [0, 0.1) is 0 Å². The molecule has 0 aliphatic rings. The van der Waals surface area contributed by atoms with E-state index in [4.69, 9.17) is 5.11 Å². The van der Waals surface area contributed by atoms with Crippen molar-refractivity contribution in [2.75, 3.05) is 0 Å². The fourth-order valence-corrected chi connectivity index (χ4v) is 2.08. The van der Waals surface area contributed by atoms with E-state index in [0.717, 1.165) is 15.8 Å². The summed E-state index contributed by atoms with van der Waals surface area (Å²) in [5.41, 5.74) is 3.44. The maximum Gasteiger partial charge on any atom is 0.332 e. The molecule has 0 spiro atoms. The third kappa shape index (κ3) is 2.14. The van der Waals surface area contributed by atoms with Gasteiger partial charge in [-0.2, -0.15) is 0 Å². The number of carboxylic acid groups (broad SMARTS) is 1. The topological polar surface area (TPSA) is 70.4 Å². The van der Waals surface area contributed by atoms with E-state index < -0.39 is 12.1 Å². The van der Waals surface area contributed by atoms with Gasteiger partial charge in [0.1, 0.15) is 0 Å². The van der Waals surface area contributed by atoms with Crippen LogP contribution in [0.3, 0.4) is 0 Å². The number of carbonyl (C=O) groups is 1. The fourth-order valence-electron chi connectivity index (χ4n) is 1.34. The Balaban J connectivity index is 2.24. The molecule has 0 saturated heterocycles. The minimum atomic E-state index is -1.34. The molecule has 0 fully saturated rings. The average molecular weight is 223 g/mol. The third-order valence-corrected chi connectivity index (χ3v) is 2.90. The molecule has 0 amide bonds. The summed E-state index contributed by atoms with van der Waals surface area (Å²) in [5, 5.41) is 17.7. The molecule has 15 heavy (non-hydrogen) atoms. The number of benzene rings is 1. The quantitative estimate of drug-likeness (QED) is 0.822. The lowest BCUT2D eigenvalue weighted by atomic mass is 10.1. The van der Waals surface area contributed by atoms with Crippen molar-refractivity contribution in [1.82, 2.24) is 4.98 Å². The number of fused-ring (bicyclic) bond motifs is 1. The van der Waals surface area contributed by atoms with Gasteiger partial charge in [0, 0.05) is 6.42 Å². The van der Waals surface area contributed by atoms with Crippen LogP contribution in [-0.4, -0.2) is 27.3 Å². The molecule has 0 bridgehead atoms. The molecule has 2 rings (SSSR count). The van der Waals surface area contributed by atoms with Gasteiger partial charge in [-0.05, 0) is 17.7 Å². The Hall–Kier alpha value is -1.46. The lowest BCUT2D eigenvalue weighted by molar-refractivity contribution is -0.146. The van der Waals surface area contributed by atoms with Crippen LogP contribution in [0.25, 0.3) is 10.2 Å². The Labute approximate surface area is 89.8 Å². The first-order valence-corrected chi connectivity index (χ1v) is 5.28. The highest BCUT2D eigenvalue weighted by atomic mass is 32.1. The number of hydrogen-bond donors (Lipinski definition) is 2. The number of thiazole rings is 1. The van der Waals surface area contributed by atoms with Gasteiger partial charge in [-0.3, -0.25) is 0 Å². The highest BCUT2D eigenvalue weighted by molar-refractivity contribution is 7.16. The molecule has 78 valence electrons. The van der Waals surface area contributed by atoms with Gasteiger partial charge >= 0.3 is 5.97 Å². The molecule has 0 aliphatic carbocycles. The summed E-state index contributed by atoms with van der Waals surface area (Å²) in [6.07, 6.45) is -1.21. The van der Waals surface area contributed by atoms with Crippen LogP contribution >= 0.6 is 11.3 Å². The third-order valence-electron chi connectivity index (χ3n) is 2.11. The predicted octanol–water partition coefficient (Wildman–Crippen LogP) is 1.28. The molecule has 4 nitrogen and oxygen atoms in total. The number of aliphatic hydroxyl groups excluding tert-OH is 1. The number of aromatic nitrogens is 1. The van der Waals surface area contributed by atoms with Crippen LogP contribution in [-0.2, 0) is 11.2 Å². The number of aliphatic carboxylic acids is 1. The normalized spacial score (nSPS) is 12.9. The summed E-state index contributed by atoms with van der Waals surface area (Å²) in [5.74, 6) is -1.19. The van der Waals surface area contributed by atoms with Crippen molar-refractivity contribution in [2.45, 2.75) is 12.5 Å². The van der Waals surface area contributed by atoms with Crippen molar-refractivity contribution in [1.29, 1.82) is 0 Å². The van der Waals surface area contributed by atoms with Crippen LogP contribution in [0.4, 0.5) is 0 Å². The van der Waals surface area contributed by atoms with Crippen LogP contribution in [0.15, 0.2) is 23.7 Å². The Morgan fingerprint density at radius 1 is 1.53 bits per heavy atom. The maximum absolute atomic E-state index is 10.5. The molecule has 0 radical (unpaired) electrons. The molecule has 0 saturated carbocycles. The Bertz CT molecular complexity index is 494. The van der Waals surface area contributed by atoms with Crippen LogP contribution in [0.1, 0.15) is 5.56 Å². The fraction of sp³-hybridized carbons (Fsp3) is 0.200. The van der Waals surface area contributed by atoms with Gasteiger partial charge in [-0.1, -0.05) is 6.07 Å². The van der Waals surface area contributed by atoms with Gasteiger partial charge in [-0.15, -0.1) is 11.3 Å². The number of aliphatic hydroxyl groups is 1. The largest absolute Gasteiger partial charge is 0.479 e. The molecule has 1 aromatic carbocycles. The highest BCUT2D eigenvalue weighted by Gasteiger charge is 2.13. The zero-order valence-corrected chi connectivity index (χ0v) is 8.57. The first-order valence-electron chi connectivity index (χ1n) is 4.40. The van der Waals surface area contributed by atoms with Crippen LogP contribution in [0.2, 0.25) is 0 Å². The van der Waals surface area contributed by atoms with Gasteiger partial charge in [0.25, 0.3) is 0 Å². The molecule has 1 atom stereocenters. The monoisotopic (exact) mass is 223 g/mol. The molecule has 0 aliphatic heterocycles. The second-order valence-electron chi connectivity index (χ2n) is 3.21. The first kappa shape index (κ1) is 10.1. The van der Waals surface area contributed by atoms with Crippen molar-refractivity contribution in [3.8, 4) is 0 Å². The second kappa shape index (κ2) is 3.96. The van der Waals surface area contributed by atoms with Gasteiger partial charge in [0.15, 0.2) is 6.10 Å². The summed E-state index contributed by atoms with van der Waals surface area (Å²) >= 11 is 1.50.